The topological polar surface area (TPSA) is 33.7 Å². The maximum absolute atomic E-state index is 5.54. The molecule has 0 spiro atoms. The van der Waals surface area contributed by atoms with Gasteiger partial charge in [0, 0.05) is 24.7 Å². The number of fused-ring (bicyclic) bond motifs is 1. The average molecular weight is 262 g/mol. The molecule has 1 saturated heterocycles. The van der Waals surface area contributed by atoms with Gasteiger partial charge in [-0.25, -0.2) is 0 Å². The van der Waals surface area contributed by atoms with Crippen molar-refractivity contribution in [1.82, 2.24) is 10.2 Å². The highest BCUT2D eigenvalue weighted by Gasteiger charge is 2.20. The first-order valence-corrected chi connectivity index (χ1v) is 7.20. The van der Waals surface area contributed by atoms with E-state index in [1.54, 1.807) is 0 Å². The van der Waals surface area contributed by atoms with Gasteiger partial charge in [-0.2, -0.15) is 0 Å². The van der Waals surface area contributed by atoms with E-state index in [-0.39, 0.29) is 0 Å². The summed E-state index contributed by atoms with van der Waals surface area (Å²) in [7, 11) is 0. The van der Waals surface area contributed by atoms with Crippen molar-refractivity contribution in [3.8, 4) is 11.5 Å². The summed E-state index contributed by atoms with van der Waals surface area (Å²) < 4.78 is 10.9. The Balaban J connectivity index is 1.59. The molecule has 4 heteroatoms. The second kappa shape index (κ2) is 5.80. The summed E-state index contributed by atoms with van der Waals surface area (Å²) in [4.78, 5) is 2.51. The highest BCUT2D eigenvalue weighted by atomic mass is 16.7. The number of likely N-dealkylation sites (N-methyl/N-ethyl adjacent to an activating group) is 1. The summed E-state index contributed by atoms with van der Waals surface area (Å²) in [5.74, 6) is 1.79. The standard InChI is InChI=1S/C15H22N2O2/c1-2-17-8-4-6-13(10-17)16-9-12-5-3-7-14-15(12)19-11-18-14/h3,5,7,13,16H,2,4,6,8-11H2,1H3. The van der Waals surface area contributed by atoms with Crippen molar-refractivity contribution in [2.24, 2.45) is 0 Å². The zero-order chi connectivity index (χ0) is 13.1. The molecule has 4 nitrogen and oxygen atoms in total. The third-order valence-electron chi connectivity index (χ3n) is 4.01. The number of para-hydroxylation sites is 1. The Labute approximate surface area is 114 Å². The minimum absolute atomic E-state index is 0.347. The van der Waals surface area contributed by atoms with E-state index in [9.17, 15) is 0 Å². The summed E-state index contributed by atoms with van der Waals surface area (Å²) in [5, 5.41) is 3.65. The van der Waals surface area contributed by atoms with Crippen molar-refractivity contribution in [3.05, 3.63) is 23.8 Å². The van der Waals surface area contributed by atoms with E-state index in [2.05, 4.69) is 23.2 Å². The monoisotopic (exact) mass is 262 g/mol. The highest BCUT2D eigenvalue weighted by Crippen LogP contribution is 2.35. The molecule has 1 aromatic rings. The van der Waals surface area contributed by atoms with Crippen LogP contribution < -0.4 is 14.8 Å². The molecular weight excluding hydrogens is 240 g/mol. The number of piperidine rings is 1. The third kappa shape index (κ3) is 2.85. The van der Waals surface area contributed by atoms with Crippen LogP contribution >= 0.6 is 0 Å². The lowest BCUT2D eigenvalue weighted by molar-refractivity contribution is 0.172. The summed E-state index contributed by atoms with van der Waals surface area (Å²) in [6.45, 7) is 6.98. The summed E-state index contributed by atoms with van der Waals surface area (Å²) in [6.07, 6.45) is 2.56. The van der Waals surface area contributed by atoms with Crippen molar-refractivity contribution >= 4 is 0 Å². The predicted octanol–water partition coefficient (Wildman–Crippen LogP) is 1.99. The molecule has 2 heterocycles. The smallest absolute Gasteiger partial charge is 0.231 e. The first-order chi connectivity index (χ1) is 9.36. The van der Waals surface area contributed by atoms with E-state index in [4.69, 9.17) is 9.47 Å². The van der Waals surface area contributed by atoms with Gasteiger partial charge >= 0.3 is 0 Å². The molecule has 1 atom stereocenters. The zero-order valence-corrected chi connectivity index (χ0v) is 11.5. The fourth-order valence-electron chi connectivity index (χ4n) is 2.89. The largest absolute Gasteiger partial charge is 0.454 e. The van der Waals surface area contributed by atoms with E-state index >= 15 is 0 Å². The number of ether oxygens (including phenoxy) is 2. The molecule has 0 aliphatic carbocycles. The van der Waals surface area contributed by atoms with Crippen LogP contribution in [0.25, 0.3) is 0 Å². The van der Waals surface area contributed by atoms with Crippen molar-refractivity contribution < 1.29 is 9.47 Å². The fourth-order valence-corrected chi connectivity index (χ4v) is 2.89. The normalized spacial score (nSPS) is 22.7. The molecule has 0 amide bonds. The van der Waals surface area contributed by atoms with E-state index < -0.39 is 0 Å². The molecular formula is C15H22N2O2. The van der Waals surface area contributed by atoms with E-state index in [0.29, 0.717) is 12.8 Å². The molecule has 3 rings (SSSR count). The Morgan fingerprint density at radius 1 is 1.37 bits per heavy atom. The molecule has 1 N–H and O–H groups in total. The Bertz CT molecular complexity index is 436. The van der Waals surface area contributed by atoms with Gasteiger partial charge in [-0.1, -0.05) is 19.1 Å². The van der Waals surface area contributed by atoms with Crippen LogP contribution in [-0.4, -0.2) is 37.4 Å². The summed E-state index contributed by atoms with van der Waals surface area (Å²) >= 11 is 0. The number of nitrogens with one attached hydrogen (secondary N) is 1. The number of rotatable bonds is 4. The van der Waals surface area contributed by atoms with Crippen LogP contribution in [0.15, 0.2) is 18.2 Å². The molecule has 0 aromatic heterocycles. The summed E-state index contributed by atoms with van der Waals surface area (Å²) in [5.41, 5.74) is 1.20. The number of hydrogen-bond donors (Lipinski definition) is 1. The van der Waals surface area contributed by atoms with Crippen LogP contribution in [0.2, 0.25) is 0 Å². The average Bonchev–Trinajstić information content (AvgIpc) is 2.94. The number of benzene rings is 1. The lowest BCUT2D eigenvalue weighted by atomic mass is 10.1. The molecule has 19 heavy (non-hydrogen) atoms. The van der Waals surface area contributed by atoms with Gasteiger partial charge in [-0.3, -0.25) is 0 Å². The predicted molar refractivity (Wildman–Crippen MR) is 74.5 cm³/mol. The molecule has 2 aliphatic rings. The van der Waals surface area contributed by atoms with Crippen molar-refractivity contribution in [2.45, 2.75) is 32.4 Å². The van der Waals surface area contributed by atoms with Crippen LogP contribution in [-0.2, 0) is 6.54 Å². The maximum Gasteiger partial charge on any atom is 0.231 e. The highest BCUT2D eigenvalue weighted by molar-refractivity contribution is 5.48. The Hall–Kier alpha value is -1.26. The van der Waals surface area contributed by atoms with Gasteiger partial charge in [-0.15, -0.1) is 0 Å². The lowest BCUT2D eigenvalue weighted by Gasteiger charge is -2.32. The molecule has 1 aromatic carbocycles. The first kappa shape index (κ1) is 12.8. The van der Waals surface area contributed by atoms with E-state index in [1.807, 2.05) is 12.1 Å². The summed E-state index contributed by atoms with van der Waals surface area (Å²) in [6, 6.07) is 6.70. The van der Waals surface area contributed by atoms with E-state index in [1.165, 1.54) is 24.9 Å². The van der Waals surface area contributed by atoms with Gasteiger partial charge in [-0.05, 0) is 32.0 Å². The Morgan fingerprint density at radius 3 is 3.21 bits per heavy atom. The number of likely N-dealkylation sites (tertiary alicyclic amines) is 1. The molecule has 104 valence electrons. The van der Waals surface area contributed by atoms with Crippen LogP contribution in [0.4, 0.5) is 0 Å². The maximum atomic E-state index is 5.54. The minimum atomic E-state index is 0.347. The molecule has 0 saturated carbocycles. The van der Waals surface area contributed by atoms with Crippen LogP contribution in [0, 0.1) is 0 Å². The fraction of sp³-hybridized carbons (Fsp3) is 0.600. The van der Waals surface area contributed by atoms with Gasteiger partial charge in [0.05, 0.1) is 0 Å². The SMILES string of the molecule is CCN1CCCC(NCc2cccc3c2OCO3)C1. The quantitative estimate of drug-likeness (QED) is 0.899. The Kier molecular flexibility index (Phi) is 3.89. The van der Waals surface area contributed by atoms with Crippen LogP contribution in [0.5, 0.6) is 11.5 Å². The van der Waals surface area contributed by atoms with Gasteiger partial charge in [0.15, 0.2) is 11.5 Å². The second-order valence-corrected chi connectivity index (χ2v) is 5.26. The molecule has 2 aliphatic heterocycles. The van der Waals surface area contributed by atoms with Crippen LogP contribution in [0.3, 0.4) is 0 Å². The third-order valence-corrected chi connectivity index (χ3v) is 4.01. The minimum Gasteiger partial charge on any atom is -0.454 e. The van der Waals surface area contributed by atoms with Gasteiger partial charge in [0.2, 0.25) is 6.79 Å². The first-order valence-electron chi connectivity index (χ1n) is 7.20. The van der Waals surface area contributed by atoms with E-state index in [0.717, 1.165) is 31.1 Å². The number of hydrogen-bond acceptors (Lipinski definition) is 4. The van der Waals surface area contributed by atoms with Crippen molar-refractivity contribution in [3.63, 3.8) is 0 Å². The van der Waals surface area contributed by atoms with Gasteiger partial charge in [0.1, 0.15) is 0 Å². The molecule has 1 unspecified atom stereocenters. The lowest BCUT2D eigenvalue weighted by Crippen LogP contribution is -2.45. The van der Waals surface area contributed by atoms with Crippen molar-refractivity contribution in [1.29, 1.82) is 0 Å². The van der Waals surface area contributed by atoms with Gasteiger partial charge in [0.25, 0.3) is 0 Å². The second-order valence-electron chi connectivity index (χ2n) is 5.26. The zero-order valence-electron chi connectivity index (χ0n) is 11.5. The van der Waals surface area contributed by atoms with Crippen LogP contribution in [0.1, 0.15) is 25.3 Å². The molecule has 0 bridgehead atoms. The molecule has 1 fully saturated rings. The number of nitrogens with zero attached hydrogens (tertiary/aromatic N) is 1. The Morgan fingerprint density at radius 2 is 2.32 bits per heavy atom. The van der Waals surface area contributed by atoms with Crippen molar-refractivity contribution in [2.75, 3.05) is 26.4 Å². The molecule has 0 radical (unpaired) electrons. The van der Waals surface area contributed by atoms with Gasteiger partial charge < -0.3 is 19.7 Å².